The zero-order chi connectivity index (χ0) is 27.0. The van der Waals surface area contributed by atoms with Crippen LogP contribution in [-0.4, -0.2) is 51.9 Å². The van der Waals surface area contributed by atoms with Crippen LogP contribution in [-0.2, 0) is 26.2 Å². The van der Waals surface area contributed by atoms with Crippen molar-refractivity contribution in [2.45, 2.75) is 30.8 Å². The van der Waals surface area contributed by atoms with Crippen LogP contribution in [0.1, 0.15) is 18.9 Å². The van der Waals surface area contributed by atoms with Gasteiger partial charge in [-0.1, -0.05) is 67.1 Å². The summed E-state index contributed by atoms with van der Waals surface area (Å²) in [7, 11) is -1.21. The molecule has 196 valence electrons. The molecule has 1 atom stereocenters. The van der Waals surface area contributed by atoms with Crippen molar-refractivity contribution < 1.29 is 22.7 Å². The predicted molar refractivity (Wildman–Crippen MR) is 144 cm³/mol. The maximum Gasteiger partial charge on any atom is 0.264 e. The summed E-state index contributed by atoms with van der Waals surface area (Å²) in [6.45, 7) is 1.39. The van der Waals surface area contributed by atoms with Gasteiger partial charge in [0.1, 0.15) is 18.3 Å². The molecule has 10 heteroatoms. The van der Waals surface area contributed by atoms with Crippen LogP contribution in [0.3, 0.4) is 0 Å². The minimum Gasteiger partial charge on any atom is -0.495 e. The van der Waals surface area contributed by atoms with Crippen molar-refractivity contribution >= 4 is 39.1 Å². The smallest absolute Gasteiger partial charge is 0.264 e. The number of anilines is 1. The van der Waals surface area contributed by atoms with E-state index >= 15 is 0 Å². The van der Waals surface area contributed by atoms with Gasteiger partial charge in [-0.25, -0.2) is 8.42 Å². The number of hydrogen-bond donors (Lipinski definition) is 1. The Hall–Kier alpha value is -3.56. The molecule has 0 aliphatic rings. The third-order valence-corrected chi connectivity index (χ3v) is 7.94. The summed E-state index contributed by atoms with van der Waals surface area (Å²) < 4.78 is 33.7. The van der Waals surface area contributed by atoms with Crippen LogP contribution in [0.25, 0.3) is 0 Å². The normalized spacial score (nSPS) is 11.9. The summed E-state index contributed by atoms with van der Waals surface area (Å²) in [4.78, 5) is 27.9. The van der Waals surface area contributed by atoms with E-state index in [1.807, 2.05) is 30.3 Å². The molecule has 0 heterocycles. The average molecular weight is 544 g/mol. The van der Waals surface area contributed by atoms with E-state index in [-0.39, 0.29) is 28.1 Å². The van der Waals surface area contributed by atoms with Gasteiger partial charge in [0.15, 0.2) is 0 Å². The van der Waals surface area contributed by atoms with Gasteiger partial charge in [-0.2, -0.15) is 0 Å². The maximum atomic E-state index is 13.8. The van der Waals surface area contributed by atoms with Crippen LogP contribution in [0.4, 0.5) is 5.69 Å². The van der Waals surface area contributed by atoms with Gasteiger partial charge in [-0.15, -0.1) is 0 Å². The molecule has 0 bridgehead atoms. The molecule has 0 radical (unpaired) electrons. The zero-order valence-electron chi connectivity index (χ0n) is 20.9. The Kier molecular flexibility index (Phi) is 9.54. The topological polar surface area (TPSA) is 96.0 Å². The molecule has 0 aromatic heterocycles. The lowest BCUT2D eigenvalue weighted by atomic mass is 10.1. The number of carbonyl (C=O) groups is 2. The van der Waals surface area contributed by atoms with Crippen LogP contribution in [0.2, 0.25) is 5.02 Å². The van der Waals surface area contributed by atoms with E-state index in [2.05, 4.69) is 5.32 Å². The van der Waals surface area contributed by atoms with Crippen LogP contribution >= 0.6 is 11.6 Å². The van der Waals surface area contributed by atoms with Crippen molar-refractivity contribution in [3.63, 3.8) is 0 Å². The number of sulfonamides is 1. The molecule has 0 unspecified atom stereocenters. The Morgan fingerprint density at radius 3 is 2.16 bits per heavy atom. The fraction of sp³-hybridized carbons (Fsp3) is 0.259. The van der Waals surface area contributed by atoms with Gasteiger partial charge >= 0.3 is 0 Å². The van der Waals surface area contributed by atoms with Crippen molar-refractivity contribution in [2.75, 3.05) is 25.0 Å². The van der Waals surface area contributed by atoms with E-state index in [1.165, 1.54) is 49.4 Å². The number of nitrogens with one attached hydrogen (secondary N) is 1. The highest BCUT2D eigenvalue weighted by Crippen LogP contribution is 2.32. The molecule has 37 heavy (non-hydrogen) atoms. The average Bonchev–Trinajstić information content (AvgIpc) is 2.92. The minimum atomic E-state index is -4.16. The molecule has 2 amide bonds. The van der Waals surface area contributed by atoms with Crippen LogP contribution in [0.15, 0.2) is 83.8 Å². The van der Waals surface area contributed by atoms with Crippen molar-refractivity contribution in [1.82, 2.24) is 10.2 Å². The molecule has 3 aromatic carbocycles. The van der Waals surface area contributed by atoms with Crippen molar-refractivity contribution in [3.8, 4) is 5.75 Å². The third-order valence-electron chi connectivity index (χ3n) is 5.86. The molecule has 0 saturated carbocycles. The van der Waals surface area contributed by atoms with Gasteiger partial charge in [0.05, 0.1) is 22.7 Å². The lowest BCUT2D eigenvalue weighted by Crippen LogP contribution is -2.51. The molecule has 0 saturated heterocycles. The first-order chi connectivity index (χ1) is 17.7. The lowest BCUT2D eigenvalue weighted by molar-refractivity contribution is -0.140. The number of amides is 2. The van der Waals surface area contributed by atoms with E-state index in [1.54, 1.807) is 25.1 Å². The fourth-order valence-corrected chi connectivity index (χ4v) is 5.60. The number of nitrogens with zero attached hydrogens (tertiary/aromatic N) is 2. The SMILES string of the molecule is CC[C@@H](C(=O)NC)N(Cc1ccccc1)C(=O)CN(c1ccc(OC)c(Cl)c1)S(=O)(=O)c1ccccc1. The summed E-state index contributed by atoms with van der Waals surface area (Å²) in [6, 6.07) is 20.8. The van der Waals surface area contributed by atoms with Crippen LogP contribution in [0, 0.1) is 0 Å². The Labute approximate surface area is 222 Å². The summed E-state index contributed by atoms with van der Waals surface area (Å²) >= 11 is 6.31. The summed E-state index contributed by atoms with van der Waals surface area (Å²) in [5, 5.41) is 2.80. The number of rotatable bonds is 11. The number of halogens is 1. The molecule has 1 N–H and O–H groups in total. The van der Waals surface area contributed by atoms with Crippen molar-refractivity contribution in [3.05, 3.63) is 89.4 Å². The first kappa shape index (κ1) is 28.0. The number of hydrogen-bond acceptors (Lipinski definition) is 5. The third kappa shape index (κ3) is 6.61. The van der Waals surface area contributed by atoms with Gasteiger partial charge in [0.2, 0.25) is 11.8 Å². The first-order valence-electron chi connectivity index (χ1n) is 11.7. The molecule has 0 fully saturated rings. The quantitative estimate of drug-likeness (QED) is 0.393. The predicted octanol–water partition coefficient (Wildman–Crippen LogP) is 4.10. The highest BCUT2D eigenvalue weighted by atomic mass is 35.5. The molecular weight excluding hydrogens is 514 g/mol. The number of ether oxygens (including phenoxy) is 1. The molecule has 0 aliphatic carbocycles. The van der Waals surface area contributed by atoms with E-state index in [0.717, 1.165) is 9.87 Å². The monoisotopic (exact) mass is 543 g/mol. The Morgan fingerprint density at radius 2 is 1.62 bits per heavy atom. The van der Waals surface area contributed by atoms with Gasteiger partial charge in [-0.3, -0.25) is 13.9 Å². The van der Waals surface area contributed by atoms with Crippen molar-refractivity contribution in [2.24, 2.45) is 0 Å². The number of benzene rings is 3. The van der Waals surface area contributed by atoms with Gasteiger partial charge in [0.25, 0.3) is 10.0 Å². The van der Waals surface area contributed by atoms with Crippen LogP contribution < -0.4 is 14.4 Å². The van der Waals surface area contributed by atoms with Gasteiger partial charge in [0, 0.05) is 13.6 Å². The molecule has 0 spiro atoms. The first-order valence-corrected chi connectivity index (χ1v) is 13.5. The van der Waals surface area contributed by atoms with E-state index in [9.17, 15) is 18.0 Å². The van der Waals surface area contributed by atoms with E-state index < -0.39 is 28.5 Å². The maximum absolute atomic E-state index is 13.8. The second kappa shape index (κ2) is 12.6. The zero-order valence-corrected chi connectivity index (χ0v) is 22.5. The second-order valence-corrected chi connectivity index (χ2v) is 10.5. The highest BCUT2D eigenvalue weighted by molar-refractivity contribution is 7.92. The second-order valence-electron chi connectivity index (χ2n) is 8.19. The Balaban J connectivity index is 2.07. The number of likely N-dealkylation sites (N-methyl/N-ethyl adjacent to an activating group) is 1. The molecule has 8 nitrogen and oxygen atoms in total. The molecule has 0 aliphatic heterocycles. The summed E-state index contributed by atoms with van der Waals surface area (Å²) in [6.07, 6.45) is 0.345. The Morgan fingerprint density at radius 1 is 1.00 bits per heavy atom. The minimum absolute atomic E-state index is 0.0164. The summed E-state index contributed by atoms with van der Waals surface area (Å²) in [5.74, 6) is -0.507. The Bertz CT molecular complexity index is 1320. The number of methoxy groups -OCH3 is 1. The number of carbonyl (C=O) groups excluding carboxylic acids is 2. The molecular formula is C27H30ClN3O5S. The summed E-state index contributed by atoms with van der Waals surface area (Å²) in [5.41, 5.74) is 0.999. The van der Waals surface area contributed by atoms with E-state index in [0.29, 0.717) is 12.2 Å². The molecule has 3 aromatic rings. The van der Waals surface area contributed by atoms with Crippen LogP contribution in [0.5, 0.6) is 5.75 Å². The van der Waals surface area contributed by atoms with Gasteiger partial charge < -0.3 is 15.0 Å². The lowest BCUT2D eigenvalue weighted by Gasteiger charge is -2.33. The fourth-order valence-electron chi connectivity index (χ4n) is 3.93. The highest BCUT2D eigenvalue weighted by Gasteiger charge is 2.33. The van der Waals surface area contributed by atoms with Crippen molar-refractivity contribution in [1.29, 1.82) is 0 Å². The largest absolute Gasteiger partial charge is 0.495 e. The van der Waals surface area contributed by atoms with E-state index in [4.69, 9.17) is 16.3 Å². The van der Waals surface area contributed by atoms with Gasteiger partial charge in [-0.05, 0) is 42.3 Å². The standard InChI is InChI=1S/C27H30ClN3O5S/c1-4-24(27(33)29-2)30(18-20-11-7-5-8-12-20)26(32)19-31(21-15-16-25(36-3)23(28)17-21)37(34,35)22-13-9-6-10-14-22/h5-17,24H,4,18-19H2,1-3H3,(H,29,33)/t24-/m0/s1. The molecule has 3 rings (SSSR count).